The molecule has 3 N–H and O–H groups in total. The molecular weight excluding hydrogens is 489 g/mol. The standard InChI is InChI=1S/C19H27N5O2S.HI/c1-4-20-19(23-12-15-8-6-7-9-16(15)26-5-2)22-11-10-21-18(25)17-14(3)24-13-27-17;/h6-9,13H,4-5,10-12H2,1-3H3,(H,21,25)(H2,20,22,23);1H. The second-order valence-electron chi connectivity index (χ2n) is 5.69. The summed E-state index contributed by atoms with van der Waals surface area (Å²) in [6.45, 7) is 8.77. The van der Waals surface area contributed by atoms with E-state index >= 15 is 0 Å². The number of guanidine groups is 1. The zero-order valence-corrected chi connectivity index (χ0v) is 19.6. The van der Waals surface area contributed by atoms with E-state index < -0.39 is 0 Å². The molecule has 0 unspecified atom stereocenters. The van der Waals surface area contributed by atoms with Crippen LogP contribution < -0.4 is 20.7 Å². The van der Waals surface area contributed by atoms with Crippen molar-refractivity contribution in [2.45, 2.75) is 27.3 Å². The molecule has 7 nitrogen and oxygen atoms in total. The van der Waals surface area contributed by atoms with Gasteiger partial charge in [0.15, 0.2) is 5.96 Å². The van der Waals surface area contributed by atoms with E-state index in [1.165, 1.54) is 11.3 Å². The molecule has 2 rings (SSSR count). The number of carbonyl (C=O) groups excluding carboxylic acids is 1. The number of amides is 1. The average Bonchev–Trinajstić information content (AvgIpc) is 3.10. The molecule has 2 aromatic rings. The Balaban J connectivity index is 0.00000392. The minimum atomic E-state index is -0.0932. The number of thiazole rings is 1. The number of aliphatic imine (C=N–C) groups is 1. The number of aromatic nitrogens is 1. The van der Waals surface area contributed by atoms with Crippen molar-refractivity contribution in [3.05, 3.63) is 45.9 Å². The fraction of sp³-hybridized carbons (Fsp3) is 0.421. The third-order valence-corrected chi connectivity index (χ3v) is 4.61. The Labute approximate surface area is 187 Å². The Morgan fingerprint density at radius 2 is 1.93 bits per heavy atom. The molecule has 154 valence electrons. The highest BCUT2D eigenvalue weighted by molar-refractivity contribution is 14.0. The van der Waals surface area contributed by atoms with Crippen LogP contribution in [0.1, 0.15) is 34.8 Å². The molecule has 1 heterocycles. The van der Waals surface area contributed by atoms with Gasteiger partial charge in [0, 0.05) is 25.2 Å². The molecule has 0 radical (unpaired) electrons. The van der Waals surface area contributed by atoms with Gasteiger partial charge in [-0.15, -0.1) is 35.3 Å². The van der Waals surface area contributed by atoms with Crippen LogP contribution in [-0.2, 0) is 6.54 Å². The van der Waals surface area contributed by atoms with Crippen LogP contribution in [0.15, 0.2) is 34.8 Å². The highest BCUT2D eigenvalue weighted by Gasteiger charge is 2.10. The maximum Gasteiger partial charge on any atom is 0.263 e. The Hall–Kier alpha value is -1.88. The van der Waals surface area contributed by atoms with Gasteiger partial charge in [-0.05, 0) is 26.8 Å². The van der Waals surface area contributed by atoms with Gasteiger partial charge in [0.25, 0.3) is 5.91 Å². The normalized spacial score (nSPS) is 10.8. The lowest BCUT2D eigenvalue weighted by atomic mass is 10.2. The maximum atomic E-state index is 12.1. The molecule has 1 amide bonds. The summed E-state index contributed by atoms with van der Waals surface area (Å²) in [7, 11) is 0. The number of para-hydroxylation sites is 1. The third kappa shape index (κ3) is 7.63. The lowest BCUT2D eigenvalue weighted by Gasteiger charge is -2.13. The van der Waals surface area contributed by atoms with Gasteiger partial charge in [-0.3, -0.25) is 4.79 Å². The molecule has 0 aliphatic rings. The van der Waals surface area contributed by atoms with E-state index in [1.54, 1.807) is 5.51 Å². The Morgan fingerprint density at radius 3 is 2.61 bits per heavy atom. The molecule has 0 atom stereocenters. The number of nitrogens with one attached hydrogen (secondary N) is 3. The van der Waals surface area contributed by atoms with E-state index in [-0.39, 0.29) is 29.9 Å². The topological polar surface area (TPSA) is 87.6 Å². The van der Waals surface area contributed by atoms with E-state index in [0.29, 0.717) is 37.1 Å². The molecule has 0 fully saturated rings. The molecule has 0 spiro atoms. The Bertz CT molecular complexity index is 766. The summed E-state index contributed by atoms with van der Waals surface area (Å²) in [5.74, 6) is 1.46. The van der Waals surface area contributed by atoms with Gasteiger partial charge in [0.1, 0.15) is 10.6 Å². The van der Waals surface area contributed by atoms with Crippen molar-refractivity contribution >= 4 is 47.2 Å². The Morgan fingerprint density at radius 1 is 1.18 bits per heavy atom. The van der Waals surface area contributed by atoms with Gasteiger partial charge in [-0.2, -0.15) is 0 Å². The fourth-order valence-electron chi connectivity index (χ4n) is 2.39. The van der Waals surface area contributed by atoms with E-state index in [2.05, 4.69) is 25.9 Å². The van der Waals surface area contributed by atoms with Crippen LogP contribution in [-0.4, -0.2) is 43.1 Å². The van der Waals surface area contributed by atoms with Gasteiger partial charge in [0.2, 0.25) is 0 Å². The van der Waals surface area contributed by atoms with Crippen LogP contribution in [0, 0.1) is 6.92 Å². The summed E-state index contributed by atoms with van der Waals surface area (Å²) < 4.78 is 5.64. The molecule has 1 aromatic carbocycles. The number of benzene rings is 1. The fourth-order valence-corrected chi connectivity index (χ4v) is 3.11. The van der Waals surface area contributed by atoms with Gasteiger partial charge >= 0.3 is 0 Å². The predicted octanol–water partition coefficient (Wildman–Crippen LogP) is 2.95. The summed E-state index contributed by atoms with van der Waals surface area (Å²) >= 11 is 1.35. The minimum Gasteiger partial charge on any atom is -0.494 e. The van der Waals surface area contributed by atoms with Gasteiger partial charge < -0.3 is 20.7 Å². The lowest BCUT2D eigenvalue weighted by molar-refractivity contribution is 0.0957. The van der Waals surface area contributed by atoms with Crippen molar-refractivity contribution in [3.63, 3.8) is 0 Å². The maximum absolute atomic E-state index is 12.1. The zero-order chi connectivity index (χ0) is 19.5. The summed E-state index contributed by atoms with van der Waals surface area (Å²) in [5.41, 5.74) is 3.47. The van der Waals surface area contributed by atoms with E-state index in [0.717, 1.165) is 23.6 Å². The van der Waals surface area contributed by atoms with Crippen LogP contribution in [0.25, 0.3) is 0 Å². The van der Waals surface area contributed by atoms with Crippen LogP contribution in [0.4, 0.5) is 0 Å². The van der Waals surface area contributed by atoms with Crippen LogP contribution >= 0.6 is 35.3 Å². The van der Waals surface area contributed by atoms with Gasteiger partial charge in [-0.25, -0.2) is 9.98 Å². The second-order valence-corrected chi connectivity index (χ2v) is 6.54. The number of rotatable bonds is 9. The molecule has 1 aromatic heterocycles. The SMILES string of the molecule is CCNC(=NCc1ccccc1OCC)NCCNC(=O)c1scnc1C.I. The molecule has 0 saturated carbocycles. The summed E-state index contributed by atoms with van der Waals surface area (Å²) in [4.78, 5) is 21.4. The van der Waals surface area contributed by atoms with Gasteiger partial charge in [0.05, 0.1) is 24.4 Å². The van der Waals surface area contributed by atoms with Crippen LogP contribution in [0.5, 0.6) is 5.75 Å². The highest BCUT2D eigenvalue weighted by atomic mass is 127. The predicted molar refractivity (Wildman–Crippen MR) is 125 cm³/mol. The number of hydrogen-bond donors (Lipinski definition) is 3. The molecule has 9 heteroatoms. The molecule has 0 bridgehead atoms. The summed E-state index contributed by atoms with van der Waals surface area (Å²) in [5, 5.41) is 9.32. The van der Waals surface area contributed by atoms with Crippen molar-refractivity contribution in [2.24, 2.45) is 4.99 Å². The number of aryl methyl sites for hydroxylation is 1. The first-order valence-electron chi connectivity index (χ1n) is 9.06. The lowest BCUT2D eigenvalue weighted by Crippen LogP contribution is -2.41. The van der Waals surface area contributed by atoms with Crippen molar-refractivity contribution in [3.8, 4) is 5.75 Å². The number of nitrogens with zero attached hydrogens (tertiary/aromatic N) is 2. The Kier molecular flexibility index (Phi) is 11.5. The summed E-state index contributed by atoms with van der Waals surface area (Å²) in [6, 6.07) is 7.89. The number of ether oxygens (including phenoxy) is 1. The van der Waals surface area contributed by atoms with Crippen molar-refractivity contribution in [2.75, 3.05) is 26.2 Å². The molecule has 0 aliphatic carbocycles. The number of hydrogen-bond acceptors (Lipinski definition) is 5. The first-order valence-corrected chi connectivity index (χ1v) is 9.94. The van der Waals surface area contributed by atoms with Crippen molar-refractivity contribution < 1.29 is 9.53 Å². The number of carbonyl (C=O) groups is 1. The monoisotopic (exact) mass is 517 g/mol. The molecule has 28 heavy (non-hydrogen) atoms. The average molecular weight is 517 g/mol. The molecule has 0 aliphatic heterocycles. The van der Waals surface area contributed by atoms with Crippen LogP contribution in [0.3, 0.4) is 0 Å². The van der Waals surface area contributed by atoms with E-state index in [4.69, 9.17) is 4.74 Å². The number of halogens is 1. The van der Waals surface area contributed by atoms with Crippen LogP contribution in [0.2, 0.25) is 0 Å². The summed E-state index contributed by atoms with van der Waals surface area (Å²) in [6.07, 6.45) is 0. The second kappa shape index (κ2) is 13.3. The zero-order valence-electron chi connectivity index (χ0n) is 16.4. The van der Waals surface area contributed by atoms with Crippen molar-refractivity contribution in [1.82, 2.24) is 20.9 Å². The van der Waals surface area contributed by atoms with Gasteiger partial charge in [-0.1, -0.05) is 18.2 Å². The molecular formula is C19H28IN5O2S. The smallest absolute Gasteiger partial charge is 0.263 e. The minimum absolute atomic E-state index is 0. The third-order valence-electron chi connectivity index (χ3n) is 3.68. The quantitative estimate of drug-likeness (QED) is 0.206. The first kappa shape index (κ1) is 24.2. The first-order chi connectivity index (χ1) is 13.2. The largest absolute Gasteiger partial charge is 0.494 e. The van der Waals surface area contributed by atoms with E-state index in [9.17, 15) is 4.79 Å². The molecule has 0 saturated heterocycles. The van der Waals surface area contributed by atoms with Crippen molar-refractivity contribution in [1.29, 1.82) is 0 Å². The van der Waals surface area contributed by atoms with E-state index in [1.807, 2.05) is 45.0 Å². The highest BCUT2D eigenvalue weighted by Crippen LogP contribution is 2.18.